The highest BCUT2D eigenvalue weighted by atomic mass is 35.5. The Labute approximate surface area is 154 Å². The van der Waals surface area contributed by atoms with Crippen molar-refractivity contribution >= 4 is 33.3 Å². The van der Waals surface area contributed by atoms with Crippen LogP contribution in [0.4, 0.5) is 5.69 Å². The van der Waals surface area contributed by atoms with Gasteiger partial charge in [0.25, 0.3) is 5.69 Å². The van der Waals surface area contributed by atoms with Crippen molar-refractivity contribution in [3.63, 3.8) is 0 Å². The number of carboxylic acids is 1. The Bertz CT molecular complexity index is 897. The molecule has 0 aliphatic rings. The lowest BCUT2D eigenvalue weighted by Gasteiger charge is -2.14. The number of rotatable bonds is 8. The summed E-state index contributed by atoms with van der Waals surface area (Å²) in [5, 5.41) is 20.4. The van der Waals surface area contributed by atoms with E-state index in [4.69, 9.17) is 11.6 Å². The number of sulfonamides is 1. The number of carboxylic acid groups (broad SMARTS) is 1. The van der Waals surface area contributed by atoms with Crippen LogP contribution in [0.5, 0.6) is 0 Å². The second-order valence-corrected chi connectivity index (χ2v) is 7.67. The van der Waals surface area contributed by atoms with Gasteiger partial charge in [-0.2, -0.15) is 0 Å². The highest BCUT2D eigenvalue weighted by Gasteiger charge is 2.22. The first-order chi connectivity index (χ1) is 12.2. The van der Waals surface area contributed by atoms with Crippen molar-refractivity contribution in [2.75, 3.05) is 6.54 Å². The first kappa shape index (κ1) is 19.8. The van der Waals surface area contributed by atoms with E-state index >= 15 is 0 Å². The van der Waals surface area contributed by atoms with Gasteiger partial charge in [-0.25, -0.2) is 13.1 Å². The minimum absolute atomic E-state index is 0.120. The third-order valence-electron chi connectivity index (χ3n) is 3.62. The number of hydrogen-bond acceptors (Lipinski definition) is 5. The molecule has 0 aliphatic carbocycles. The molecule has 0 saturated heterocycles. The van der Waals surface area contributed by atoms with Crippen molar-refractivity contribution in [2.45, 2.75) is 11.3 Å². The van der Waals surface area contributed by atoms with Crippen LogP contribution in [0.3, 0.4) is 0 Å². The van der Waals surface area contributed by atoms with Crippen LogP contribution in [0.25, 0.3) is 0 Å². The molecule has 0 saturated carbocycles. The van der Waals surface area contributed by atoms with Crippen LogP contribution in [0.2, 0.25) is 5.02 Å². The fourth-order valence-corrected chi connectivity index (χ4v) is 3.40. The monoisotopic (exact) mass is 398 g/mol. The molecule has 1 unspecified atom stereocenters. The molecule has 0 aromatic heterocycles. The van der Waals surface area contributed by atoms with Gasteiger partial charge in [-0.3, -0.25) is 14.9 Å². The van der Waals surface area contributed by atoms with Gasteiger partial charge in [0.1, 0.15) is 0 Å². The number of hydrogen-bond donors (Lipinski definition) is 2. The summed E-state index contributed by atoms with van der Waals surface area (Å²) in [6, 6.07) is 10.9. The van der Waals surface area contributed by atoms with Gasteiger partial charge < -0.3 is 5.11 Å². The van der Waals surface area contributed by atoms with Crippen LogP contribution in [0.1, 0.15) is 5.56 Å². The zero-order valence-electron chi connectivity index (χ0n) is 13.3. The summed E-state index contributed by atoms with van der Waals surface area (Å²) < 4.78 is 26.7. The van der Waals surface area contributed by atoms with Gasteiger partial charge in [-0.05, 0) is 36.2 Å². The van der Waals surface area contributed by atoms with Gasteiger partial charge in [0.05, 0.1) is 15.7 Å². The number of nitro benzene ring substituents is 1. The van der Waals surface area contributed by atoms with Gasteiger partial charge in [-0.1, -0.05) is 23.7 Å². The molecule has 8 nitrogen and oxygen atoms in total. The predicted molar refractivity (Wildman–Crippen MR) is 94.6 cm³/mol. The zero-order valence-corrected chi connectivity index (χ0v) is 14.9. The molecule has 0 radical (unpaired) electrons. The minimum atomic E-state index is -3.99. The van der Waals surface area contributed by atoms with Crippen LogP contribution in [0, 0.1) is 16.0 Å². The molecule has 26 heavy (non-hydrogen) atoms. The summed E-state index contributed by atoms with van der Waals surface area (Å²) in [7, 11) is -3.99. The first-order valence-corrected chi connectivity index (χ1v) is 9.26. The van der Waals surface area contributed by atoms with Crippen molar-refractivity contribution in [3.05, 3.63) is 69.2 Å². The van der Waals surface area contributed by atoms with E-state index in [9.17, 15) is 28.4 Å². The molecule has 2 aromatic rings. The highest BCUT2D eigenvalue weighted by Crippen LogP contribution is 2.17. The zero-order chi connectivity index (χ0) is 19.3. The Balaban J connectivity index is 2.08. The molecule has 2 aromatic carbocycles. The maximum Gasteiger partial charge on any atom is 0.308 e. The standard InChI is InChI=1S/C16H15ClN2O6S/c17-13-3-1-11(2-4-13)9-12(16(20)21)10-18-26(24,25)15-7-5-14(6-8-15)19(22)23/h1-8,12,18H,9-10H2,(H,20,21). The summed E-state index contributed by atoms with van der Waals surface area (Å²) in [5.74, 6) is -2.13. The molecule has 2 N–H and O–H groups in total. The van der Waals surface area contributed by atoms with Crippen LogP contribution in [-0.4, -0.2) is 31.0 Å². The number of aliphatic carboxylic acids is 1. The molecule has 10 heteroatoms. The van der Waals surface area contributed by atoms with Gasteiger partial charge in [-0.15, -0.1) is 0 Å². The van der Waals surface area contributed by atoms with E-state index in [2.05, 4.69) is 4.72 Å². The van der Waals surface area contributed by atoms with E-state index in [0.29, 0.717) is 10.6 Å². The molecule has 0 fully saturated rings. The first-order valence-electron chi connectivity index (χ1n) is 7.40. The topological polar surface area (TPSA) is 127 Å². The molecule has 1 atom stereocenters. The van der Waals surface area contributed by atoms with E-state index in [1.54, 1.807) is 24.3 Å². The van der Waals surface area contributed by atoms with E-state index < -0.39 is 26.8 Å². The maximum absolute atomic E-state index is 12.2. The molecule has 0 spiro atoms. The highest BCUT2D eigenvalue weighted by molar-refractivity contribution is 7.89. The Morgan fingerprint density at radius 3 is 2.23 bits per heavy atom. The van der Waals surface area contributed by atoms with E-state index in [0.717, 1.165) is 24.3 Å². The van der Waals surface area contributed by atoms with Gasteiger partial charge in [0.2, 0.25) is 10.0 Å². The molecule has 138 valence electrons. The smallest absolute Gasteiger partial charge is 0.308 e. The lowest BCUT2D eigenvalue weighted by molar-refractivity contribution is -0.384. The molecule has 0 aliphatic heterocycles. The van der Waals surface area contributed by atoms with Crippen LogP contribution in [0.15, 0.2) is 53.4 Å². The van der Waals surface area contributed by atoms with Crippen LogP contribution in [-0.2, 0) is 21.2 Å². The molecule has 2 rings (SSSR count). The molecule has 0 heterocycles. The molecular weight excluding hydrogens is 384 g/mol. The third-order valence-corrected chi connectivity index (χ3v) is 5.31. The lowest BCUT2D eigenvalue weighted by atomic mass is 10.00. The Morgan fingerprint density at radius 2 is 1.73 bits per heavy atom. The Kier molecular flexibility index (Phi) is 6.30. The van der Waals surface area contributed by atoms with Gasteiger partial charge in [0.15, 0.2) is 0 Å². The maximum atomic E-state index is 12.2. The summed E-state index contributed by atoms with van der Waals surface area (Å²) >= 11 is 5.78. The summed E-state index contributed by atoms with van der Waals surface area (Å²) in [4.78, 5) is 21.2. The average molecular weight is 399 g/mol. The predicted octanol–water partition coefficient (Wildman–Crippen LogP) is 2.47. The van der Waals surface area contributed by atoms with E-state index in [1.807, 2.05) is 0 Å². The number of nitrogens with one attached hydrogen (secondary N) is 1. The lowest BCUT2D eigenvalue weighted by Crippen LogP contribution is -2.34. The number of nitro groups is 1. The van der Waals surface area contributed by atoms with Crippen molar-refractivity contribution in [2.24, 2.45) is 5.92 Å². The summed E-state index contributed by atoms with van der Waals surface area (Å²) in [6.45, 7) is -0.322. The summed E-state index contributed by atoms with van der Waals surface area (Å²) in [6.07, 6.45) is 0.120. The van der Waals surface area contributed by atoms with Crippen molar-refractivity contribution in [1.82, 2.24) is 4.72 Å². The molecule has 0 bridgehead atoms. The molecular formula is C16H15ClN2O6S. The fourth-order valence-electron chi connectivity index (χ4n) is 2.19. The van der Waals surface area contributed by atoms with Crippen molar-refractivity contribution < 1.29 is 23.2 Å². The number of nitrogens with zero attached hydrogens (tertiary/aromatic N) is 1. The number of halogens is 1. The van der Waals surface area contributed by atoms with Gasteiger partial charge in [0, 0.05) is 23.7 Å². The Hall–Kier alpha value is -2.49. The van der Waals surface area contributed by atoms with Crippen LogP contribution >= 0.6 is 11.6 Å². The van der Waals surface area contributed by atoms with E-state index in [-0.39, 0.29) is 23.5 Å². The number of non-ortho nitro benzene ring substituents is 1. The normalized spacial score (nSPS) is 12.5. The van der Waals surface area contributed by atoms with E-state index in [1.165, 1.54) is 0 Å². The average Bonchev–Trinajstić information content (AvgIpc) is 2.60. The van der Waals surface area contributed by atoms with Gasteiger partial charge >= 0.3 is 5.97 Å². The second kappa shape index (κ2) is 8.26. The quantitative estimate of drug-likeness (QED) is 0.519. The Morgan fingerprint density at radius 1 is 1.15 bits per heavy atom. The number of benzene rings is 2. The molecule has 0 amide bonds. The van der Waals surface area contributed by atoms with Crippen LogP contribution < -0.4 is 4.72 Å². The summed E-state index contributed by atoms with van der Waals surface area (Å²) in [5.41, 5.74) is 0.464. The second-order valence-electron chi connectivity index (χ2n) is 5.47. The van der Waals surface area contributed by atoms with Crippen molar-refractivity contribution in [3.8, 4) is 0 Å². The van der Waals surface area contributed by atoms with Crippen molar-refractivity contribution in [1.29, 1.82) is 0 Å². The largest absolute Gasteiger partial charge is 0.481 e. The third kappa shape index (κ3) is 5.25. The minimum Gasteiger partial charge on any atom is -0.481 e. The number of carbonyl (C=O) groups is 1. The fraction of sp³-hybridized carbons (Fsp3) is 0.188. The SMILES string of the molecule is O=C(O)C(CNS(=O)(=O)c1ccc([N+](=O)[O-])cc1)Cc1ccc(Cl)cc1.